The largest absolute Gasteiger partial charge is 0.481 e. The van der Waals surface area contributed by atoms with E-state index in [1.54, 1.807) is 0 Å². The molecule has 0 saturated carbocycles. The first-order valence-corrected chi connectivity index (χ1v) is 6.66. The number of amides is 1. The van der Waals surface area contributed by atoms with Gasteiger partial charge in [0.15, 0.2) is 0 Å². The fraction of sp³-hybridized carbons (Fsp3) is 0.267. The summed E-state index contributed by atoms with van der Waals surface area (Å²) in [5.41, 5.74) is 3.71. The molecule has 0 radical (unpaired) electrons. The third-order valence-electron chi connectivity index (χ3n) is 3.63. The Hall–Kier alpha value is -2.63. The van der Waals surface area contributed by atoms with E-state index in [9.17, 15) is 9.59 Å². The quantitative estimate of drug-likeness (QED) is 0.904. The second-order valence-electron chi connectivity index (χ2n) is 5.22. The van der Waals surface area contributed by atoms with Crippen LogP contribution in [0.3, 0.4) is 0 Å². The van der Waals surface area contributed by atoms with Gasteiger partial charge in [-0.05, 0) is 19.4 Å². The van der Waals surface area contributed by atoms with Crippen molar-refractivity contribution in [1.82, 2.24) is 9.78 Å². The third-order valence-corrected chi connectivity index (χ3v) is 3.63. The number of aryl methyl sites for hydroxylation is 2. The van der Waals surface area contributed by atoms with Crippen LogP contribution >= 0.6 is 0 Å². The summed E-state index contributed by atoms with van der Waals surface area (Å²) in [5, 5.41) is 16.0. The van der Waals surface area contributed by atoms with Crippen LogP contribution in [0.1, 0.15) is 23.7 Å². The summed E-state index contributed by atoms with van der Waals surface area (Å²) in [6.45, 7) is 3.86. The molecule has 0 bridgehead atoms. The normalized spacial score (nSPS) is 16.7. The van der Waals surface area contributed by atoms with Gasteiger partial charge in [-0.1, -0.05) is 29.8 Å². The summed E-state index contributed by atoms with van der Waals surface area (Å²) in [4.78, 5) is 22.8. The predicted molar refractivity (Wildman–Crippen MR) is 77.1 cm³/mol. The molecule has 2 aromatic rings. The maximum absolute atomic E-state index is 11.9. The van der Waals surface area contributed by atoms with Gasteiger partial charge in [0.2, 0.25) is 0 Å². The molecule has 1 aliphatic rings. The number of fused-ring (bicyclic) bond motifs is 1. The van der Waals surface area contributed by atoms with Crippen molar-refractivity contribution in [3.63, 3.8) is 0 Å². The molecule has 21 heavy (non-hydrogen) atoms. The second kappa shape index (κ2) is 4.73. The lowest BCUT2D eigenvalue weighted by molar-refractivity contribution is -0.139. The molecule has 1 aliphatic heterocycles. The number of carbonyl (C=O) groups is 2. The van der Waals surface area contributed by atoms with E-state index < -0.39 is 12.0 Å². The highest BCUT2D eigenvalue weighted by Gasteiger charge is 2.36. The molecule has 108 valence electrons. The van der Waals surface area contributed by atoms with Gasteiger partial charge in [-0.3, -0.25) is 9.59 Å². The van der Waals surface area contributed by atoms with Crippen LogP contribution < -0.4 is 5.32 Å². The van der Waals surface area contributed by atoms with Crippen LogP contribution in [0.5, 0.6) is 0 Å². The summed E-state index contributed by atoms with van der Waals surface area (Å²) in [6, 6.07) is 7.14. The molecule has 2 heterocycles. The van der Waals surface area contributed by atoms with Crippen molar-refractivity contribution in [3.05, 3.63) is 35.5 Å². The Bertz CT molecular complexity index is 731. The summed E-state index contributed by atoms with van der Waals surface area (Å²) >= 11 is 0. The van der Waals surface area contributed by atoms with E-state index in [-0.39, 0.29) is 12.3 Å². The number of carboxylic acid groups (broad SMARTS) is 1. The van der Waals surface area contributed by atoms with Gasteiger partial charge in [0.25, 0.3) is 5.91 Å². The van der Waals surface area contributed by atoms with Crippen molar-refractivity contribution in [3.8, 4) is 11.1 Å². The maximum Gasteiger partial charge on any atom is 0.306 e. The highest BCUT2D eigenvalue weighted by Crippen LogP contribution is 2.38. The number of anilines is 1. The molecule has 0 aliphatic carbocycles. The Morgan fingerprint density at radius 2 is 2.00 bits per heavy atom. The number of aliphatic carboxylic acids is 1. The van der Waals surface area contributed by atoms with Crippen LogP contribution in [0.15, 0.2) is 24.3 Å². The SMILES string of the molecule is Cc1ccc(-c2c(C)nn3c2NC(=O)C3CC(=O)O)cc1. The van der Waals surface area contributed by atoms with E-state index in [1.807, 2.05) is 38.1 Å². The van der Waals surface area contributed by atoms with E-state index in [4.69, 9.17) is 5.11 Å². The van der Waals surface area contributed by atoms with Crippen LogP contribution in [0, 0.1) is 13.8 Å². The standard InChI is InChI=1S/C15H15N3O3/c1-8-3-5-10(6-4-8)13-9(2)17-18-11(7-12(19)20)15(21)16-14(13)18/h3-6,11H,7H2,1-2H3,(H,16,21)(H,19,20). The summed E-state index contributed by atoms with van der Waals surface area (Å²) in [6.07, 6.45) is -0.271. The predicted octanol–water partition coefficient (Wildman–Crippen LogP) is 2.13. The van der Waals surface area contributed by atoms with Crippen LogP contribution in [0.4, 0.5) is 5.82 Å². The van der Waals surface area contributed by atoms with Gasteiger partial charge in [-0.15, -0.1) is 0 Å². The molecule has 6 nitrogen and oxygen atoms in total. The lowest BCUT2D eigenvalue weighted by Gasteiger charge is -2.04. The monoisotopic (exact) mass is 285 g/mol. The van der Waals surface area contributed by atoms with Gasteiger partial charge in [-0.2, -0.15) is 5.10 Å². The molecule has 0 saturated heterocycles. The van der Waals surface area contributed by atoms with E-state index in [1.165, 1.54) is 4.68 Å². The van der Waals surface area contributed by atoms with Crippen molar-refractivity contribution < 1.29 is 14.7 Å². The zero-order valence-electron chi connectivity index (χ0n) is 11.8. The topological polar surface area (TPSA) is 84.2 Å². The molecule has 0 fully saturated rings. The van der Waals surface area contributed by atoms with Crippen molar-refractivity contribution >= 4 is 17.7 Å². The molecule has 1 aromatic carbocycles. The van der Waals surface area contributed by atoms with E-state index in [0.717, 1.165) is 22.4 Å². The number of aromatic nitrogens is 2. The first-order valence-electron chi connectivity index (χ1n) is 6.66. The highest BCUT2D eigenvalue weighted by atomic mass is 16.4. The fourth-order valence-electron chi connectivity index (χ4n) is 2.61. The number of hydrogen-bond acceptors (Lipinski definition) is 3. The summed E-state index contributed by atoms with van der Waals surface area (Å²) in [5.74, 6) is -0.770. The average Bonchev–Trinajstić information content (AvgIpc) is 2.87. The van der Waals surface area contributed by atoms with E-state index >= 15 is 0 Å². The molecule has 6 heteroatoms. The van der Waals surface area contributed by atoms with Gasteiger partial charge in [-0.25, -0.2) is 4.68 Å². The minimum atomic E-state index is -1.02. The molecule has 0 spiro atoms. The summed E-state index contributed by atoms with van der Waals surface area (Å²) < 4.78 is 1.49. The molecular formula is C15H15N3O3. The minimum Gasteiger partial charge on any atom is -0.481 e. The summed E-state index contributed by atoms with van der Waals surface area (Å²) in [7, 11) is 0. The molecule has 2 N–H and O–H groups in total. The molecule has 1 amide bonds. The number of benzene rings is 1. The van der Waals surface area contributed by atoms with Crippen LogP contribution in [-0.2, 0) is 9.59 Å². The Morgan fingerprint density at radius 1 is 1.33 bits per heavy atom. The average molecular weight is 285 g/mol. The number of hydrogen-bond donors (Lipinski definition) is 2. The lowest BCUT2D eigenvalue weighted by atomic mass is 10.0. The fourth-order valence-corrected chi connectivity index (χ4v) is 2.61. The Kier molecular flexibility index (Phi) is 3.01. The first kappa shape index (κ1) is 13.4. The molecule has 1 atom stereocenters. The highest BCUT2D eigenvalue weighted by molar-refractivity contribution is 6.02. The number of nitrogens with one attached hydrogen (secondary N) is 1. The van der Waals surface area contributed by atoms with Gasteiger partial charge >= 0.3 is 5.97 Å². The van der Waals surface area contributed by atoms with Crippen LogP contribution in [-0.4, -0.2) is 26.8 Å². The molecule has 3 rings (SSSR count). The maximum atomic E-state index is 11.9. The number of nitrogens with zero attached hydrogens (tertiary/aromatic N) is 2. The Morgan fingerprint density at radius 3 is 2.62 bits per heavy atom. The first-order chi connectivity index (χ1) is 9.97. The van der Waals surface area contributed by atoms with Gasteiger partial charge in [0, 0.05) is 5.56 Å². The van der Waals surface area contributed by atoms with Crippen LogP contribution in [0.2, 0.25) is 0 Å². The third kappa shape index (κ3) is 2.18. The Labute approximate surface area is 121 Å². The van der Waals surface area contributed by atoms with E-state index in [2.05, 4.69) is 10.4 Å². The van der Waals surface area contributed by atoms with Crippen molar-refractivity contribution in [1.29, 1.82) is 0 Å². The van der Waals surface area contributed by atoms with E-state index in [0.29, 0.717) is 5.82 Å². The van der Waals surface area contributed by atoms with Gasteiger partial charge in [0.05, 0.1) is 12.1 Å². The molecule has 1 aromatic heterocycles. The lowest BCUT2D eigenvalue weighted by Crippen LogP contribution is -2.20. The van der Waals surface area contributed by atoms with Gasteiger partial charge < -0.3 is 10.4 Å². The minimum absolute atomic E-state index is 0.271. The molecular weight excluding hydrogens is 270 g/mol. The second-order valence-corrected chi connectivity index (χ2v) is 5.22. The van der Waals surface area contributed by atoms with Crippen LogP contribution in [0.25, 0.3) is 11.1 Å². The smallest absolute Gasteiger partial charge is 0.306 e. The van der Waals surface area contributed by atoms with Gasteiger partial charge in [0.1, 0.15) is 11.9 Å². The Balaban J connectivity index is 2.08. The van der Waals surface area contributed by atoms with Crippen molar-refractivity contribution in [2.24, 2.45) is 0 Å². The molecule has 1 unspecified atom stereocenters. The number of carboxylic acids is 1. The van der Waals surface area contributed by atoms with Crippen molar-refractivity contribution in [2.45, 2.75) is 26.3 Å². The van der Waals surface area contributed by atoms with Crippen molar-refractivity contribution in [2.75, 3.05) is 5.32 Å². The zero-order chi connectivity index (χ0) is 15.1. The number of carbonyl (C=O) groups excluding carboxylic acids is 1. The zero-order valence-corrected chi connectivity index (χ0v) is 11.8. The number of rotatable bonds is 3.